The van der Waals surface area contributed by atoms with Crippen molar-refractivity contribution in [2.75, 3.05) is 6.54 Å². The topological polar surface area (TPSA) is 12.0 Å². The first-order valence-corrected chi connectivity index (χ1v) is 6.25. The minimum atomic E-state index is 0.649. The highest BCUT2D eigenvalue weighted by molar-refractivity contribution is 5.03. The second-order valence-electron chi connectivity index (χ2n) is 6.26. The molecule has 0 aromatic carbocycles. The van der Waals surface area contributed by atoms with E-state index in [1.54, 1.807) is 0 Å². The highest BCUT2D eigenvalue weighted by Crippen LogP contribution is 2.61. The Bertz CT molecular complexity index is 205. The van der Waals surface area contributed by atoms with E-state index >= 15 is 0 Å². The van der Waals surface area contributed by atoms with Gasteiger partial charge < -0.3 is 5.32 Å². The molecule has 3 aliphatic rings. The predicted molar refractivity (Wildman–Crippen MR) is 61.2 cm³/mol. The summed E-state index contributed by atoms with van der Waals surface area (Å²) in [4.78, 5) is 0. The van der Waals surface area contributed by atoms with Gasteiger partial charge in [0.05, 0.1) is 0 Å². The molecule has 0 saturated heterocycles. The zero-order valence-electron chi connectivity index (χ0n) is 10.1. The van der Waals surface area contributed by atoms with Crippen LogP contribution in [0.2, 0.25) is 0 Å². The average Bonchev–Trinajstić information content (AvgIpc) is 2.14. The minimum Gasteiger partial charge on any atom is -0.314 e. The van der Waals surface area contributed by atoms with E-state index in [4.69, 9.17) is 0 Å². The van der Waals surface area contributed by atoms with E-state index in [2.05, 4.69) is 33.0 Å². The van der Waals surface area contributed by atoms with Gasteiger partial charge >= 0.3 is 0 Å². The maximum atomic E-state index is 3.61. The zero-order chi connectivity index (χ0) is 10.3. The SMILES string of the molecule is CC(C)NC[C@@H]1CC[C@@H]2C[C@H]1C2(C)C. The van der Waals surface area contributed by atoms with Crippen LogP contribution >= 0.6 is 0 Å². The third-order valence-electron chi connectivity index (χ3n) is 4.79. The van der Waals surface area contributed by atoms with Crippen LogP contribution in [-0.4, -0.2) is 12.6 Å². The molecule has 14 heavy (non-hydrogen) atoms. The van der Waals surface area contributed by atoms with Crippen LogP contribution in [0.3, 0.4) is 0 Å². The van der Waals surface area contributed by atoms with Gasteiger partial charge in [0.1, 0.15) is 0 Å². The molecule has 0 aliphatic heterocycles. The zero-order valence-corrected chi connectivity index (χ0v) is 10.1. The Kier molecular flexibility index (Phi) is 2.63. The first kappa shape index (κ1) is 10.5. The van der Waals surface area contributed by atoms with Crippen molar-refractivity contribution in [2.24, 2.45) is 23.2 Å². The molecule has 0 aromatic rings. The fraction of sp³-hybridized carbons (Fsp3) is 1.00. The van der Waals surface area contributed by atoms with Gasteiger partial charge in [-0.15, -0.1) is 0 Å². The maximum Gasteiger partial charge on any atom is 0.00104 e. The molecule has 82 valence electrons. The Balaban J connectivity index is 1.88. The second kappa shape index (κ2) is 3.52. The molecule has 0 heterocycles. The fourth-order valence-electron chi connectivity index (χ4n) is 3.59. The summed E-state index contributed by atoms with van der Waals surface area (Å²) in [6.07, 6.45) is 4.46. The lowest BCUT2D eigenvalue weighted by atomic mass is 9.45. The summed E-state index contributed by atoms with van der Waals surface area (Å²) in [5.74, 6) is 3.01. The van der Waals surface area contributed by atoms with Crippen molar-refractivity contribution in [3.05, 3.63) is 0 Å². The van der Waals surface area contributed by atoms with Gasteiger partial charge in [-0.3, -0.25) is 0 Å². The lowest BCUT2D eigenvalue weighted by molar-refractivity contribution is -0.104. The van der Waals surface area contributed by atoms with E-state index < -0.39 is 0 Å². The quantitative estimate of drug-likeness (QED) is 0.730. The van der Waals surface area contributed by atoms with Crippen LogP contribution in [0.4, 0.5) is 0 Å². The van der Waals surface area contributed by atoms with Crippen molar-refractivity contribution < 1.29 is 0 Å². The largest absolute Gasteiger partial charge is 0.314 e. The lowest BCUT2D eigenvalue weighted by Gasteiger charge is -2.60. The molecule has 0 spiro atoms. The summed E-state index contributed by atoms with van der Waals surface area (Å²) in [5, 5.41) is 3.61. The lowest BCUT2D eigenvalue weighted by Crippen LogP contribution is -2.54. The highest BCUT2D eigenvalue weighted by atomic mass is 14.9. The molecule has 3 aliphatic carbocycles. The van der Waals surface area contributed by atoms with Gasteiger partial charge in [0.15, 0.2) is 0 Å². The van der Waals surface area contributed by atoms with Crippen LogP contribution in [0, 0.1) is 23.2 Å². The Morgan fingerprint density at radius 1 is 1.29 bits per heavy atom. The molecule has 0 aromatic heterocycles. The smallest absolute Gasteiger partial charge is 0.00104 e. The van der Waals surface area contributed by atoms with E-state index in [9.17, 15) is 0 Å². The fourth-order valence-corrected chi connectivity index (χ4v) is 3.59. The molecule has 1 nitrogen and oxygen atoms in total. The van der Waals surface area contributed by atoms with Crippen LogP contribution in [0.5, 0.6) is 0 Å². The van der Waals surface area contributed by atoms with E-state index in [0.29, 0.717) is 11.5 Å². The van der Waals surface area contributed by atoms with Gasteiger partial charge in [0.25, 0.3) is 0 Å². The first-order valence-electron chi connectivity index (χ1n) is 6.25. The molecule has 2 bridgehead atoms. The Labute approximate surface area is 88.7 Å². The van der Waals surface area contributed by atoms with E-state index in [-0.39, 0.29) is 0 Å². The molecule has 0 amide bonds. The summed E-state index contributed by atoms with van der Waals surface area (Å²) < 4.78 is 0. The average molecular weight is 195 g/mol. The van der Waals surface area contributed by atoms with E-state index in [1.807, 2.05) is 0 Å². The van der Waals surface area contributed by atoms with Crippen LogP contribution in [0.25, 0.3) is 0 Å². The van der Waals surface area contributed by atoms with Crippen LogP contribution in [-0.2, 0) is 0 Å². The monoisotopic (exact) mass is 195 g/mol. The maximum absolute atomic E-state index is 3.61. The van der Waals surface area contributed by atoms with Gasteiger partial charge in [0, 0.05) is 6.04 Å². The van der Waals surface area contributed by atoms with E-state index in [0.717, 1.165) is 17.8 Å². The van der Waals surface area contributed by atoms with Gasteiger partial charge in [0.2, 0.25) is 0 Å². The van der Waals surface area contributed by atoms with Crippen LogP contribution in [0.1, 0.15) is 47.0 Å². The van der Waals surface area contributed by atoms with Crippen molar-refractivity contribution in [3.63, 3.8) is 0 Å². The van der Waals surface area contributed by atoms with Crippen LogP contribution in [0.15, 0.2) is 0 Å². The molecule has 3 atom stereocenters. The number of fused-ring (bicyclic) bond motifs is 2. The molecule has 0 unspecified atom stereocenters. The summed E-state index contributed by atoms with van der Waals surface area (Å²) in [7, 11) is 0. The second-order valence-corrected chi connectivity index (χ2v) is 6.26. The molecular weight excluding hydrogens is 170 g/mol. The normalized spacial score (nSPS) is 39.6. The number of hydrogen-bond donors (Lipinski definition) is 1. The molecule has 1 heteroatoms. The Hall–Kier alpha value is -0.0400. The molecule has 3 rings (SSSR count). The molecule has 0 radical (unpaired) electrons. The third kappa shape index (κ3) is 1.60. The summed E-state index contributed by atoms with van der Waals surface area (Å²) >= 11 is 0. The predicted octanol–water partition coefficient (Wildman–Crippen LogP) is 3.06. The standard InChI is InChI=1S/C13H25N/c1-9(2)14-8-10-5-6-11-7-12(10)13(11,3)4/h9-12,14H,5-8H2,1-4H3/t10-,11+,12+/m0/s1. The van der Waals surface area contributed by atoms with Gasteiger partial charge in [-0.25, -0.2) is 0 Å². The van der Waals surface area contributed by atoms with Crippen molar-refractivity contribution in [1.29, 1.82) is 0 Å². The highest BCUT2D eigenvalue weighted by Gasteiger charge is 2.53. The molecule has 3 fully saturated rings. The summed E-state index contributed by atoms with van der Waals surface area (Å²) in [6, 6.07) is 0.649. The summed E-state index contributed by atoms with van der Waals surface area (Å²) in [6.45, 7) is 10.7. The molecule has 3 saturated carbocycles. The summed E-state index contributed by atoms with van der Waals surface area (Å²) in [5.41, 5.74) is 0.654. The number of hydrogen-bond acceptors (Lipinski definition) is 1. The third-order valence-corrected chi connectivity index (χ3v) is 4.79. The van der Waals surface area contributed by atoms with Gasteiger partial charge in [-0.1, -0.05) is 27.7 Å². The molecule has 1 N–H and O–H groups in total. The van der Waals surface area contributed by atoms with Gasteiger partial charge in [-0.05, 0) is 49.0 Å². The van der Waals surface area contributed by atoms with Crippen molar-refractivity contribution in [1.82, 2.24) is 5.32 Å². The Morgan fingerprint density at radius 2 is 2.00 bits per heavy atom. The molecular formula is C13H25N. The van der Waals surface area contributed by atoms with Gasteiger partial charge in [-0.2, -0.15) is 0 Å². The van der Waals surface area contributed by atoms with Crippen LogP contribution < -0.4 is 5.32 Å². The van der Waals surface area contributed by atoms with Crippen molar-refractivity contribution in [3.8, 4) is 0 Å². The first-order chi connectivity index (χ1) is 6.51. The number of rotatable bonds is 3. The Morgan fingerprint density at radius 3 is 2.50 bits per heavy atom. The van der Waals surface area contributed by atoms with Crippen molar-refractivity contribution in [2.45, 2.75) is 53.0 Å². The van der Waals surface area contributed by atoms with E-state index in [1.165, 1.54) is 25.8 Å². The number of nitrogens with one attached hydrogen (secondary N) is 1. The minimum absolute atomic E-state index is 0.649. The van der Waals surface area contributed by atoms with Crippen molar-refractivity contribution >= 4 is 0 Å².